The Morgan fingerprint density at radius 3 is 2.64 bits per heavy atom. The Bertz CT molecular complexity index is 337. The van der Waals surface area contributed by atoms with Crippen molar-refractivity contribution in [2.75, 3.05) is 0 Å². The number of nitrogens with two attached hydrogens (primary N) is 1. The van der Waals surface area contributed by atoms with Crippen molar-refractivity contribution < 1.29 is 14.7 Å². The number of carboxylic acid groups (broad SMARTS) is 1. The highest BCUT2D eigenvalue weighted by Gasteiger charge is 2.21. The van der Waals surface area contributed by atoms with Gasteiger partial charge in [-0.3, -0.25) is 14.6 Å². The average Bonchev–Trinajstić information content (AvgIpc) is 2.15. The molecule has 0 spiro atoms. The van der Waals surface area contributed by atoms with Crippen molar-refractivity contribution >= 4 is 11.9 Å². The Morgan fingerprint density at radius 1 is 1.50 bits per heavy atom. The Balaban J connectivity index is 2.89. The van der Waals surface area contributed by atoms with Crippen LogP contribution in [0.3, 0.4) is 0 Å². The number of nitrogens with zero attached hydrogens (tertiary/aromatic N) is 1. The van der Waals surface area contributed by atoms with Crippen LogP contribution < -0.4 is 5.73 Å². The largest absolute Gasteiger partial charge is 0.481 e. The molecule has 1 aromatic heterocycles. The topological polar surface area (TPSA) is 93.3 Å². The maximum atomic E-state index is 11.0. The number of pyridine rings is 1. The maximum absolute atomic E-state index is 11.0. The number of hydrogen-bond acceptors (Lipinski definition) is 3. The van der Waals surface area contributed by atoms with Crippen LogP contribution in [0.1, 0.15) is 18.0 Å². The highest BCUT2D eigenvalue weighted by atomic mass is 16.4. The first-order valence-electron chi connectivity index (χ1n) is 4.03. The fraction of sp³-hybridized carbons (Fsp3) is 0.222. The molecule has 1 aromatic rings. The summed E-state index contributed by atoms with van der Waals surface area (Å²) in [5.41, 5.74) is 5.47. The Morgan fingerprint density at radius 2 is 2.21 bits per heavy atom. The second-order valence-electron chi connectivity index (χ2n) is 2.81. The number of carbonyl (C=O) groups is 2. The summed E-state index contributed by atoms with van der Waals surface area (Å²) in [6.45, 7) is 0. The van der Waals surface area contributed by atoms with Crippen molar-refractivity contribution in [1.29, 1.82) is 0 Å². The number of carbonyl (C=O) groups excluding carboxylic acids is 1. The van der Waals surface area contributed by atoms with E-state index in [1.807, 2.05) is 0 Å². The third-order valence-electron chi connectivity index (χ3n) is 1.77. The van der Waals surface area contributed by atoms with E-state index < -0.39 is 17.8 Å². The lowest BCUT2D eigenvalue weighted by atomic mass is 10.0. The van der Waals surface area contributed by atoms with E-state index in [2.05, 4.69) is 4.98 Å². The van der Waals surface area contributed by atoms with Crippen LogP contribution in [-0.4, -0.2) is 22.0 Å². The first kappa shape index (κ1) is 10.2. The summed E-state index contributed by atoms with van der Waals surface area (Å²) in [5.74, 6) is -2.60. The Hall–Kier alpha value is -1.91. The normalized spacial score (nSPS) is 12.0. The van der Waals surface area contributed by atoms with E-state index in [1.54, 1.807) is 18.2 Å². The number of primary amides is 1. The summed E-state index contributed by atoms with van der Waals surface area (Å²) in [5, 5.41) is 8.56. The fourth-order valence-corrected chi connectivity index (χ4v) is 1.11. The van der Waals surface area contributed by atoms with E-state index in [0.717, 1.165) is 0 Å². The molecular weight excluding hydrogens is 184 g/mol. The van der Waals surface area contributed by atoms with Crippen LogP contribution in [0, 0.1) is 0 Å². The van der Waals surface area contributed by atoms with Crippen molar-refractivity contribution in [1.82, 2.24) is 4.98 Å². The molecule has 5 nitrogen and oxygen atoms in total. The number of hydrogen-bond donors (Lipinski definition) is 2. The van der Waals surface area contributed by atoms with Crippen LogP contribution in [0.25, 0.3) is 0 Å². The minimum Gasteiger partial charge on any atom is -0.481 e. The first-order valence-corrected chi connectivity index (χ1v) is 4.03. The molecule has 3 N–H and O–H groups in total. The molecule has 0 aliphatic carbocycles. The van der Waals surface area contributed by atoms with Crippen LogP contribution in [0.5, 0.6) is 0 Å². The minimum atomic E-state index is -1.07. The smallest absolute Gasteiger partial charge is 0.304 e. The van der Waals surface area contributed by atoms with Crippen LogP contribution >= 0.6 is 0 Å². The van der Waals surface area contributed by atoms with Crippen molar-refractivity contribution in [2.24, 2.45) is 5.73 Å². The molecule has 1 rings (SSSR count). The van der Waals surface area contributed by atoms with E-state index in [-0.39, 0.29) is 6.42 Å². The van der Waals surface area contributed by atoms with Gasteiger partial charge in [0.15, 0.2) is 0 Å². The van der Waals surface area contributed by atoms with Gasteiger partial charge in [-0.05, 0) is 12.1 Å². The molecule has 0 fully saturated rings. The van der Waals surface area contributed by atoms with Gasteiger partial charge < -0.3 is 10.8 Å². The van der Waals surface area contributed by atoms with Gasteiger partial charge in [0.2, 0.25) is 5.91 Å². The quantitative estimate of drug-likeness (QED) is 0.712. The summed E-state index contributed by atoms with van der Waals surface area (Å²) in [6, 6.07) is 4.95. The van der Waals surface area contributed by atoms with Gasteiger partial charge in [0, 0.05) is 6.20 Å². The van der Waals surface area contributed by atoms with Crippen LogP contribution in [0.15, 0.2) is 24.4 Å². The molecular formula is C9H10N2O3. The molecule has 0 aliphatic rings. The number of carboxylic acids is 1. The van der Waals surface area contributed by atoms with Crippen LogP contribution in [-0.2, 0) is 9.59 Å². The maximum Gasteiger partial charge on any atom is 0.304 e. The lowest BCUT2D eigenvalue weighted by Crippen LogP contribution is -2.24. The van der Waals surface area contributed by atoms with Gasteiger partial charge in [0.25, 0.3) is 0 Å². The summed E-state index contributed by atoms with van der Waals surface area (Å²) in [4.78, 5) is 25.3. The molecule has 0 aliphatic heterocycles. The van der Waals surface area contributed by atoms with Crippen LogP contribution in [0.4, 0.5) is 0 Å². The third kappa shape index (κ3) is 2.55. The number of rotatable bonds is 4. The van der Waals surface area contributed by atoms with Gasteiger partial charge in [-0.15, -0.1) is 0 Å². The molecule has 0 unspecified atom stereocenters. The highest BCUT2D eigenvalue weighted by Crippen LogP contribution is 2.16. The molecule has 1 heterocycles. The van der Waals surface area contributed by atoms with Crippen molar-refractivity contribution in [2.45, 2.75) is 12.3 Å². The zero-order chi connectivity index (χ0) is 10.6. The molecule has 0 saturated heterocycles. The lowest BCUT2D eigenvalue weighted by Gasteiger charge is -2.09. The van der Waals surface area contributed by atoms with Crippen LogP contribution in [0.2, 0.25) is 0 Å². The predicted octanol–water partition coefficient (Wildman–Crippen LogP) is 0.125. The average molecular weight is 194 g/mol. The molecule has 5 heteroatoms. The van der Waals surface area contributed by atoms with Gasteiger partial charge in [-0.2, -0.15) is 0 Å². The third-order valence-corrected chi connectivity index (χ3v) is 1.77. The summed E-state index contributed by atoms with van der Waals surface area (Å²) < 4.78 is 0. The number of aliphatic carboxylic acids is 1. The molecule has 0 bridgehead atoms. The second-order valence-corrected chi connectivity index (χ2v) is 2.81. The SMILES string of the molecule is NC(=O)[C@H](CC(=O)O)c1ccccn1. The summed E-state index contributed by atoms with van der Waals surface area (Å²) in [6.07, 6.45) is 1.17. The van der Waals surface area contributed by atoms with Crippen molar-refractivity contribution in [3.05, 3.63) is 30.1 Å². The standard InChI is InChI=1S/C9H10N2O3/c10-9(14)6(5-8(12)13)7-3-1-2-4-11-7/h1-4,6H,5H2,(H2,10,14)(H,12,13)/t6-/m1/s1. The van der Waals surface area contributed by atoms with E-state index in [4.69, 9.17) is 10.8 Å². The Labute approximate surface area is 80.6 Å². The molecule has 14 heavy (non-hydrogen) atoms. The van der Waals surface area contributed by atoms with Gasteiger partial charge >= 0.3 is 5.97 Å². The second kappa shape index (κ2) is 4.36. The fourth-order valence-electron chi connectivity index (χ4n) is 1.11. The van der Waals surface area contributed by atoms with E-state index in [0.29, 0.717) is 5.69 Å². The van der Waals surface area contributed by atoms with Crippen molar-refractivity contribution in [3.63, 3.8) is 0 Å². The minimum absolute atomic E-state index is 0.327. The Kier molecular flexibility index (Phi) is 3.17. The van der Waals surface area contributed by atoms with Gasteiger partial charge in [-0.25, -0.2) is 0 Å². The van der Waals surface area contributed by atoms with Crippen molar-refractivity contribution in [3.8, 4) is 0 Å². The zero-order valence-corrected chi connectivity index (χ0v) is 7.38. The van der Waals surface area contributed by atoms with E-state index >= 15 is 0 Å². The molecule has 1 amide bonds. The molecule has 0 radical (unpaired) electrons. The number of amides is 1. The van der Waals surface area contributed by atoms with Gasteiger partial charge in [0.1, 0.15) is 0 Å². The van der Waals surface area contributed by atoms with Gasteiger partial charge in [0.05, 0.1) is 18.0 Å². The van der Waals surface area contributed by atoms with E-state index in [9.17, 15) is 9.59 Å². The molecule has 0 saturated carbocycles. The zero-order valence-electron chi connectivity index (χ0n) is 7.38. The lowest BCUT2D eigenvalue weighted by molar-refractivity contribution is -0.139. The first-order chi connectivity index (χ1) is 6.61. The molecule has 0 aromatic carbocycles. The summed E-state index contributed by atoms with van der Waals surface area (Å²) in [7, 11) is 0. The highest BCUT2D eigenvalue weighted by molar-refractivity contribution is 5.85. The predicted molar refractivity (Wildman–Crippen MR) is 48.4 cm³/mol. The molecule has 74 valence electrons. The van der Waals surface area contributed by atoms with E-state index in [1.165, 1.54) is 6.20 Å². The van der Waals surface area contributed by atoms with Gasteiger partial charge in [-0.1, -0.05) is 6.07 Å². The number of aromatic nitrogens is 1. The monoisotopic (exact) mass is 194 g/mol. The molecule has 1 atom stereocenters. The summed E-state index contributed by atoms with van der Waals surface area (Å²) >= 11 is 0.